The van der Waals surface area contributed by atoms with Gasteiger partial charge in [-0.1, -0.05) is 24.3 Å². The topological polar surface area (TPSA) is 118 Å². The van der Waals surface area contributed by atoms with Gasteiger partial charge in [0.15, 0.2) is 5.65 Å². The van der Waals surface area contributed by atoms with E-state index in [1.807, 2.05) is 68.4 Å². The first-order valence-electron chi connectivity index (χ1n) is 14.9. The lowest BCUT2D eigenvalue weighted by Gasteiger charge is -2.39. The summed E-state index contributed by atoms with van der Waals surface area (Å²) in [5.74, 6) is 0.699. The molecule has 0 aliphatic carbocycles. The van der Waals surface area contributed by atoms with Crippen molar-refractivity contribution in [2.24, 2.45) is 0 Å². The summed E-state index contributed by atoms with van der Waals surface area (Å²) in [7, 11) is 1.62. The third-order valence-corrected chi connectivity index (χ3v) is 8.06. The molecule has 1 N–H and O–H groups in total. The summed E-state index contributed by atoms with van der Waals surface area (Å²) in [5, 5.41) is 7.48. The first-order valence-corrected chi connectivity index (χ1v) is 14.9. The number of carbonyl (C=O) groups is 3. The predicted molar refractivity (Wildman–Crippen MR) is 162 cm³/mol. The van der Waals surface area contributed by atoms with Gasteiger partial charge in [0.1, 0.15) is 17.2 Å². The summed E-state index contributed by atoms with van der Waals surface area (Å²) in [6, 6.07) is 18.5. The smallest absolute Gasteiger partial charge is 0.272 e. The van der Waals surface area contributed by atoms with Gasteiger partial charge in [-0.2, -0.15) is 5.10 Å². The Morgan fingerprint density at radius 1 is 0.977 bits per heavy atom. The molecule has 1 fully saturated rings. The quantitative estimate of drug-likeness (QED) is 0.358. The molecule has 11 heteroatoms. The van der Waals surface area contributed by atoms with Crippen LogP contribution in [0.4, 0.5) is 0 Å². The van der Waals surface area contributed by atoms with Crippen LogP contribution in [0.15, 0.2) is 60.7 Å². The molecule has 2 aromatic carbocycles. The van der Waals surface area contributed by atoms with Crippen molar-refractivity contribution in [2.45, 2.75) is 51.9 Å². The molecule has 0 saturated carbocycles. The molecule has 0 spiro atoms. The summed E-state index contributed by atoms with van der Waals surface area (Å²) >= 11 is 0. The van der Waals surface area contributed by atoms with Gasteiger partial charge in [0.25, 0.3) is 5.91 Å². The van der Waals surface area contributed by atoms with Crippen molar-refractivity contribution >= 4 is 23.4 Å². The van der Waals surface area contributed by atoms with E-state index in [-0.39, 0.29) is 43.3 Å². The molecule has 4 bridgehead atoms. The molecule has 2 aliphatic rings. The highest BCUT2D eigenvalue weighted by atomic mass is 16.5. The molecule has 0 radical (unpaired) electrons. The van der Waals surface area contributed by atoms with Crippen LogP contribution in [0.25, 0.3) is 5.65 Å². The second-order valence-corrected chi connectivity index (χ2v) is 11.5. The monoisotopic (exact) mass is 596 g/mol. The van der Waals surface area contributed by atoms with Gasteiger partial charge < -0.3 is 24.6 Å². The Hall–Kier alpha value is -4.77. The van der Waals surface area contributed by atoms with Crippen LogP contribution in [-0.4, -0.2) is 80.9 Å². The molecule has 4 heterocycles. The van der Waals surface area contributed by atoms with Crippen LogP contribution in [0.1, 0.15) is 45.8 Å². The molecule has 11 nitrogen and oxygen atoms in total. The van der Waals surface area contributed by atoms with Gasteiger partial charge in [-0.25, -0.2) is 9.50 Å². The number of likely N-dealkylation sites (tertiary alicyclic amines) is 1. The van der Waals surface area contributed by atoms with Gasteiger partial charge >= 0.3 is 0 Å². The van der Waals surface area contributed by atoms with Gasteiger partial charge in [-0.3, -0.25) is 14.4 Å². The maximum atomic E-state index is 13.6. The number of hydrogen-bond acceptors (Lipinski definition) is 7. The van der Waals surface area contributed by atoms with Gasteiger partial charge in [0.05, 0.1) is 31.0 Å². The fourth-order valence-corrected chi connectivity index (χ4v) is 5.77. The third kappa shape index (κ3) is 6.57. The average molecular weight is 597 g/mol. The van der Waals surface area contributed by atoms with E-state index in [0.717, 1.165) is 22.5 Å². The minimum absolute atomic E-state index is 0.0980. The SMILES string of the molecule is Cc1cc2nc(C(=O)N3CC[C@H]4OCc5cccc(c5)Oc5cccc(c5)CCC(=O)N(C)CC(=O)N[C@H]4C3)cc(C)n2n1. The fourth-order valence-electron chi connectivity index (χ4n) is 5.77. The lowest BCUT2D eigenvalue weighted by Crippen LogP contribution is -2.58. The van der Waals surface area contributed by atoms with Crippen molar-refractivity contribution in [3.63, 3.8) is 0 Å². The molecule has 2 aliphatic heterocycles. The van der Waals surface area contributed by atoms with Gasteiger partial charge in [0, 0.05) is 38.3 Å². The zero-order chi connectivity index (χ0) is 30.8. The molecular formula is C33H36N6O5. The molecule has 3 amide bonds. The highest BCUT2D eigenvalue weighted by Gasteiger charge is 2.34. The van der Waals surface area contributed by atoms with Crippen molar-refractivity contribution in [2.75, 3.05) is 26.7 Å². The van der Waals surface area contributed by atoms with Crippen molar-refractivity contribution in [3.8, 4) is 11.5 Å². The number of amides is 3. The standard InChI is InChI=1S/C33H36N6O5/c1-21-14-30-34-27(15-22(2)39(30)36-21)33(42)38-13-12-29-28(18-38)35-31(40)19-37(3)32(41)11-10-23-6-4-8-25(16-23)44-26-9-5-7-24(17-26)20-43-29/h4-9,14-17,28-29H,10-13,18-20H2,1-3H3,(H,35,40)/t28-,29+/m0/s1. The van der Waals surface area contributed by atoms with E-state index in [9.17, 15) is 14.4 Å². The first-order chi connectivity index (χ1) is 21.2. The minimum Gasteiger partial charge on any atom is -0.457 e. The van der Waals surface area contributed by atoms with Crippen LogP contribution >= 0.6 is 0 Å². The number of ether oxygens (including phenoxy) is 2. The van der Waals surface area contributed by atoms with E-state index in [2.05, 4.69) is 15.4 Å². The minimum atomic E-state index is -0.483. The highest BCUT2D eigenvalue weighted by Crippen LogP contribution is 2.25. The van der Waals surface area contributed by atoms with Crippen molar-refractivity contribution in [1.29, 1.82) is 0 Å². The number of nitrogens with one attached hydrogen (secondary N) is 1. The van der Waals surface area contributed by atoms with Gasteiger partial charge in [-0.05, 0) is 68.1 Å². The normalized spacial score (nSPS) is 19.9. The molecule has 2 aromatic heterocycles. The molecule has 1 saturated heterocycles. The van der Waals surface area contributed by atoms with E-state index in [1.54, 1.807) is 22.5 Å². The van der Waals surface area contributed by atoms with Crippen molar-refractivity contribution < 1.29 is 23.9 Å². The summed E-state index contributed by atoms with van der Waals surface area (Å²) in [5.41, 5.74) is 4.46. The van der Waals surface area contributed by atoms with Crippen molar-refractivity contribution in [3.05, 3.63) is 88.9 Å². The largest absolute Gasteiger partial charge is 0.457 e. The Kier molecular flexibility index (Phi) is 8.30. The number of likely N-dealkylation sites (N-methyl/N-ethyl adjacent to an activating group) is 1. The van der Waals surface area contributed by atoms with Crippen LogP contribution in [-0.2, 0) is 27.4 Å². The lowest BCUT2D eigenvalue weighted by atomic mass is 10.0. The molecule has 4 aromatic rings. The molecular weight excluding hydrogens is 560 g/mol. The molecule has 44 heavy (non-hydrogen) atoms. The van der Waals surface area contributed by atoms with Gasteiger partial charge in [0.2, 0.25) is 11.8 Å². The van der Waals surface area contributed by atoms with E-state index >= 15 is 0 Å². The van der Waals surface area contributed by atoms with Gasteiger partial charge in [-0.15, -0.1) is 0 Å². The Morgan fingerprint density at radius 3 is 2.52 bits per heavy atom. The van der Waals surface area contributed by atoms with Crippen LogP contribution in [0.5, 0.6) is 11.5 Å². The molecule has 6 rings (SSSR count). The maximum Gasteiger partial charge on any atom is 0.272 e. The average Bonchev–Trinajstić information content (AvgIpc) is 3.39. The zero-order valence-electron chi connectivity index (χ0n) is 25.2. The fraction of sp³-hybridized carbons (Fsp3) is 0.364. The second-order valence-electron chi connectivity index (χ2n) is 11.5. The molecule has 228 valence electrons. The van der Waals surface area contributed by atoms with E-state index in [1.165, 1.54) is 4.90 Å². The first kappa shape index (κ1) is 29.3. The number of nitrogens with zero attached hydrogens (tertiary/aromatic N) is 5. The lowest BCUT2D eigenvalue weighted by molar-refractivity contribution is -0.135. The summed E-state index contributed by atoms with van der Waals surface area (Å²) < 4.78 is 14.2. The number of hydrogen-bond donors (Lipinski definition) is 1. The van der Waals surface area contributed by atoms with E-state index in [4.69, 9.17) is 9.47 Å². The number of benzene rings is 2. The van der Waals surface area contributed by atoms with E-state index in [0.29, 0.717) is 48.8 Å². The maximum absolute atomic E-state index is 13.6. The van der Waals surface area contributed by atoms with E-state index < -0.39 is 6.04 Å². The Balaban J connectivity index is 1.23. The number of fused-ring (bicyclic) bond motifs is 6. The van der Waals surface area contributed by atoms with Crippen LogP contribution < -0.4 is 10.1 Å². The number of rotatable bonds is 1. The second kappa shape index (κ2) is 12.5. The molecule has 2 atom stereocenters. The van der Waals surface area contributed by atoms with Crippen LogP contribution in [0.3, 0.4) is 0 Å². The molecule has 0 unspecified atom stereocenters. The third-order valence-electron chi connectivity index (χ3n) is 8.06. The zero-order valence-corrected chi connectivity index (χ0v) is 25.2. The highest BCUT2D eigenvalue weighted by molar-refractivity contribution is 5.93. The summed E-state index contributed by atoms with van der Waals surface area (Å²) in [6.45, 7) is 4.66. The van der Waals surface area contributed by atoms with Crippen LogP contribution in [0, 0.1) is 13.8 Å². The number of carbonyl (C=O) groups excluding carboxylic acids is 3. The van der Waals surface area contributed by atoms with Crippen LogP contribution in [0.2, 0.25) is 0 Å². The number of piperidine rings is 1. The van der Waals surface area contributed by atoms with Crippen molar-refractivity contribution in [1.82, 2.24) is 29.7 Å². The summed E-state index contributed by atoms with van der Waals surface area (Å²) in [6.07, 6.45) is 0.948. The Labute approximate surface area is 255 Å². The Bertz CT molecular complexity index is 1720. The Morgan fingerprint density at radius 2 is 1.73 bits per heavy atom. The number of aryl methyl sites for hydroxylation is 3. The summed E-state index contributed by atoms with van der Waals surface area (Å²) in [4.78, 5) is 47.4. The number of aromatic nitrogens is 3. The predicted octanol–water partition coefficient (Wildman–Crippen LogP) is 3.46.